The van der Waals surface area contributed by atoms with Gasteiger partial charge in [0.25, 0.3) is 0 Å². The molecule has 1 aromatic rings. The quantitative estimate of drug-likeness (QED) is 0.811. The molecule has 0 spiro atoms. The molecule has 18 heavy (non-hydrogen) atoms. The first-order valence-electron chi connectivity index (χ1n) is 5.36. The maximum Gasteiger partial charge on any atom is 0.236 e. The molecule has 1 rings (SSSR count). The van der Waals surface area contributed by atoms with Gasteiger partial charge in [-0.1, -0.05) is 0 Å². The highest BCUT2D eigenvalue weighted by molar-refractivity contribution is 5.81. The van der Waals surface area contributed by atoms with Crippen LogP contribution in [-0.4, -0.2) is 24.8 Å². The summed E-state index contributed by atoms with van der Waals surface area (Å²) in [5.74, 6) is -2.49. The third-order valence-electron chi connectivity index (χ3n) is 2.41. The molecule has 0 fully saturated rings. The number of halogens is 2. The van der Waals surface area contributed by atoms with E-state index in [-0.39, 0.29) is 23.8 Å². The maximum atomic E-state index is 13.8. The Morgan fingerprint density at radius 1 is 1.39 bits per heavy atom. The largest absolute Gasteiger partial charge is 0.368 e. The molecule has 0 aromatic heterocycles. The summed E-state index contributed by atoms with van der Waals surface area (Å²) in [5.41, 5.74) is 4.59. The van der Waals surface area contributed by atoms with Crippen molar-refractivity contribution in [3.8, 4) is 0 Å². The molecule has 98 valence electrons. The number of primary amides is 1. The van der Waals surface area contributed by atoms with Crippen LogP contribution in [0.2, 0.25) is 0 Å². The summed E-state index contributed by atoms with van der Waals surface area (Å²) in [7, 11) is 0. The van der Waals surface area contributed by atoms with Crippen LogP contribution in [0, 0.1) is 11.6 Å². The lowest BCUT2D eigenvalue weighted by atomic mass is 10.1. The summed E-state index contributed by atoms with van der Waals surface area (Å²) in [4.78, 5) is 22.6. The Hall–Kier alpha value is -1.98. The Balaban J connectivity index is 3.27. The van der Waals surface area contributed by atoms with Gasteiger partial charge in [-0.05, 0) is 26.0 Å². The SMILES string of the molecule is CC(C)N(CC(N)=O)c1c(F)cc(C=O)cc1F. The first-order chi connectivity index (χ1) is 8.36. The van der Waals surface area contributed by atoms with E-state index in [1.54, 1.807) is 13.8 Å². The topological polar surface area (TPSA) is 63.4 Å². The van der Waals surface area contributed by atoms with E-state index >= 15 is 0 Å². The molecular formula is C12H14F2N2O2. The Labute approximate surface area is 103 Å². The first-order valence-corrected chi connectivity index (χ1v) is 5.36. The summed E-state index contributed by atoms with van der Waals surface area (Å²) >= 11 is 0. The van der Waals surface area contributed by atoms with Gasteiger partial charge < -0.3 is 10.6 Å². The molecule has 0 unspecified atom stereocenters. The highest BCUT2D eigenvalue weighted by Gasteiger charge is 2.21. The van der Waals surface area contributed by atoms with Crippen LogP contribution in [0.3, 0.4) is 0 Å². The van der Waals surface area contributed by atoms with E-state index in [1.165, 1.54) is 4.90 Å². The number of nitrogens with zero attached hydrogens (tertiary/aromatic N) is 1. The molecule has 1 amide bonds. The number of hydrogen-bond acceptors (Lipinski definition) is 3. The normalized spacial score (nSPS) is 10.5. The Morgan fingerprint density at radius 2 is 1.89 bits per heavy atom. The second-order valence-electron chi connectivity index (χ2n) is 4.14. The molecule has 0 aliphatic rings. The molecule has 0 bridgehead atoms. The standard InChI is InChI=1S/C12H14F2N2O2/c1-7(2)16(5-11(15)18)12-9(13)3-8(6-17)4-10(12)14/h3-4,6-7H,5H2,1-2H3,(H2,15,18). The number of carbonyl (C=O) groups is 2. The molecule has 0 radical (unpaired) electrons. The van der Waals surface area contributed by atoms with Gasteiger partial charge in [-0.25, -0.2) is 8.78 Å². The fraction of sp³-hybridized carbons (Fsp3) is 0.333. The minimum Gasteiger partial charge on any atom is -0.368 e. The highest BCUT2D eigenvalue weighted by atomic mass is 19.1. The summed E-state index contributed by atoms with van der Waals surface area (Å²) in [6.45, 7) is 3.05. The maximum absolute atomic E-state index is 13.8. The second kappa shape index (κ2) is 5.57. The Morgan fingerprint density at radius 3 is 2.22 bits per heavy atom. The van der Waals surface area contributed by atoms with E-state index < -0.39 is 17.5 Å². The van der Waals surface area contributed by atoms with Crippen LogP contribution in [0.25, 0.3) is 0 Å². The predicted octanol–water partition coefficient (Wildman–Crippen LogP) is 1.48. The molecule has 4 nitrogen and oxygen atoms in total. The second-order valence-corrected chi connectivity index (χ2v) is 4.14. The summed E-state index contributed by atoms with van der Waals surface area (Å²) in [5, 5.41) is 0. The van der Waals surface area contributed by atoms with Gasteiger partial charge >= 0.3 is 0 Å². The lowest BCUT2D eigenvalue weighted by Gasteiger charge is -2.28. The van der Waals surface area contributed by atoms with E-state index in [2.05, 4.69) is 0 Å². The van der Waals surface area contributed by atoms with Crippen LogP contribution in [-0.2, 0) is 4.79 Å². The average Bonchev–Trinajstić information content (AvgIpc) is 2.25. The zero-order valence-electron chi connectivity index (χ0n) is 10.1. The van der Waals surface area contributed by atoms with Crippen LogP contribution >= 0.6 is 0 Å². The number of amides is 1. The van der Waals surface area contributed by atoms with E-state index in [9.17, 15) is 18.4 Å². The third kappa shape index (κ3) is 3.03. The predicted molar refractivity (Wildman–Crippen MR) is 63.4 cm³/mol. The van der Waals surface area contributed by atoms with E-state index in [1.807, 2.05) is 0 Å². The van der Waals surface area contributed by atoms with E-state index in [0.29, 0.717) is 6.29 Å². The molecule has 2 N–H and O–H groups in total. The van der Waals surface area contributed by atoms with Gasteiger partial charge in [0.05, 0.1) is 6.54 Å². The highest BCUT2D eigenvalue weighted by Crippen LogP contribution is 2.26. The van der Waals surface area contributed by atoms with Crippen molar-refractivity contribution in [2.75, 3.05) is 11.4 Å². The van der Waals surface area contributed by atoms with Crippen LogP contribution in [0.4, 0.5) is 14.5 Å². The number of aldehydes is 1. The number of hydrogen-bond donors (Lipinski definition) is 1. The summed E-state index contributed by atoms with van der Waals surface area (Å²) in [6, 6.07) is 1.52. The van der Waals surface area contributed by atoms with Crippen molar-refractivity contribution in [1.82, 2.24) is 0 Å². The van der Waals surface area contributed by atoms with Crippen LogP contribution in [0.15, 0.2) is 12.1 Å². The number of carbonyl (C=O) groups excluding carboxylic acids is 2. The molecule has 0 saturated carbocycles. The molecule has 1 aromatic carbocycles. The van der Waals surface area contributed by atoms with Crippen molar-refractivity contribution in [2.45, 2.75) is 19.9 Å². The average molecular weight is 256 g/mol. The van der Waals surface area contributed by atoms with E-state index in [4.69, 9.17) is 5.73 Å². The fourth-order valence-corrected chi connectivity index (χ4v) is 1.62. The van der Waals surface area contributed by atoms with Gasteiger partial charge in [-0.15, -0.1) is 0 Å². The molecule has 6 heteroatoms. The van der Waals surface area contributed by atoms with Gasteiger partial charge in [0.2, 0.25) is 5.91 Å². The zero-order valence-corrected chi connectivity index (χ0v) is 10.1. The van der Waals surface area contributed by atoms with Crippen molar-refractivity contribution in [1.29, 1.82) is 0 Å². The van der Waals surface area contributed by atoms with Gasteiger partial charge in [0.15, 0.2) is 0 Å². The lowest BCUT2D eigenvalue weighted by Crippen LogP contribution is -2.39. The van der Waals surface area contributed by atoms with Crippen molar-refractivity contribution in [2.24, 2.45) is 5.73 Å². The number of nitrogens with two attached hydrogens (primary N) is 1. The van der Waals surface area contributed by atoms with Crippen molar-refractivity contribution in [3.63, 3.8) is 0 Å². The Bertz CT molecular complexity index is 452. The van der Waals surface area contributed by atoms with Gasteiger partial charge in [0.1, 0.15) is 23.6 Å². The first kappa shape index (κ1) is 14.1. The molecule has 0 heterocycles. The van der Waals surface area contributed by atoms with Gasteiger partial charge in [0, 0.05) is 11.6 Å². The van der Waals surface area contributed by atoms with Crippen molar-refractivity contribution >= 4 is 17.9 Å². The van der Waals surface area contributed by atoms with Crippen LogP contribution in [0.5, 0.6) is 0 Å². The molecule has 0 aliphatic heterocycles. The minimum atomic E-state index is -0.896. The third-order valence-corrected chi connectivity index (χ3v) is 2.41. The number of rotatable bonds is 5. The lowest BCUT2D eigenvalue weighted by molar-refractivity contribution is -0.116. The molecular weight excluding hydrogens is 242 g/mol. The summed E-state index contributed by atoms with van der Waals surface area (Å²) in [6.07, 6.45) is 0.351. The smallest absolute Gasteiger partial charge is 0.236 e. The number of benzene rings is 1. The summed E-state index contributed by atoms with van der Waals surface area (Å²) < 4.78 is 27.5. The minimum absolute atomic E-state index is 0.100. The van der Waals surface area contributed by atoms with Gasteiger partial charge in [-0.3, -0.25) is 9.59 Å². The monoisotopic (exact) mass is 256 g/mol. The number of anilines is 1. The molecule has 0 aliphatic carbocycles. The van der Waals surface area contributed by atoms with Gasteiger partial charge in [-0.2, -0.15) is 0 Å². The van der Waals surface area contributed by atoms with Crippen molar-refractivity contribution in [3.05, 3.63) is 29.3 Å². The van der Waals surface area contributed by atoms with Crippen LogP contribution < -0.4 is 10.6 Å². The Kier molecular flexibility index (Phi) is 4.36. The van der Waals surface area contributed by atoms with Crippen LogP contribution in [0.1, 0.15) is 24.2 Å². The van der Waals surface area contributed by atoms with E-state index in [0.717, 1.165) is 12.1 Å². The molecule has 0 atom stereocenters. The van der Waals surface area contributed by atoms with Crippen molar-refractivity contribution < 1.29 is 18.4 Å². The zero-order chi connectivity index (χ0) is 13.9. The fourth-order valence-electron chi connectivity index (χ4n) is 1.62. The molecule has 0 saturated heterocycles.